The summed E-state index contributed by atoms with van der Waals surface area (Å²) in [5.74, 6) is 0.864. The van der Waals surface area contributed by atoms with Crippen molar-refractivity contribution >= 4 is 47.0 Å². The van der Waals surface area contributed by atoms with Crippen LogP contribution in [0.15, 0.2) is 52.9 Å². The van der Waals surface area contributed by atoms with Crippen LogP contribution in [0.5, 0.6) is 0 Å². The summed E-state index contributed by atoms with van der Waals surface area (Å²) in [7, 11) is 0. The van der Waals surface area contributed by atoms with E-state index in [1.165, 1.54) is 21.7 Å². The molecule has 0 bridgehead atoms. The molecule has 0 aliphatic carbocycles. The lowest BCUT2D eigenvalue weighted by molar-refractivity contribution is 0.821. The Kier molecular flexibility index (Phi) is 8.44. The number of aliphatic imine (C=N–C) groups is 1. The Bertz CT molecular complexity index is 729. The fraction of sp³-hybridized carbons (Fsp3) is 0.350. The van der Waals surface area contributed by atoms with E-state index in [1.54, 1.807) is 11.3 Å². The highest BCUT2D eigenvalue weighted by Gasteiger charge is 2.07. The maximum absolute atomic E-state index is 4.71. The molecule has 2 aromatic rings. The van der Waals surface area contributed by atoms with Crippen molar-refractivity contribution in [2.24, 2.45) is 4.99 Å². The van der Waals surface area contributed by atoms with Gasteiger partial charge < -0.3 is 15.5 Å². The molecule has 2 N–H and O–H groups in total. The van der Waals surface area contributed by atoms with Crippen LogP contribution in [-0.4, -0.2) is 25.6 Å². The Labute approximate surface area is 177 Å². The van der Waals surface area contributed by atoms with Crippen molar-refractivity contribution in [3.8, 4) is 0 Å². The minimum atomic E-state index is 0. The second-order valence-corrected chi connectivity index (χ2v) is 7.12. The van der Waals surface area contributed by atoms with Gasteiger partial charge in [-0.1, -0.05) is 24.3 Å². The van der Waals surface area contributed by atoms with Gasteiger partial charge in [-0.3, -0.25) is 0 Å². The average molecular weight is 482 g/mol. The van der Waals surface area contributed by atoms with E-state index in [4.69, 9.17) is 4.99 Å². The molecule has 0 amide bonds. The van der Waals surface area contributed by atoms with E-state index in [1.807, 2.05) is 0 Å². The highest BCUT2D eigenvalue weighted by Crippen LogP contribution is 2.18. The molecule has 140 valence electrons. The Morgan fingerprint density at radius 2 is 1.85 bits per heavy atom. The fourth-order valence-electron chi connectivity index (χ4n) is 2.76. The van der Waals surface area contributed by atoms with Gasteiger partial charge in [0, 0.05) is 30.2 Å². The second kappa shape index (κ2) is 10.6. The highest BCUT2D eigenvalue weighted by molar-refractivity contribution is 14.0. The van der Waals surface area contributed by atoms with Gasteiger partial charge in [0.1, 0.15) is 0 Å². The molecule has 0 saturated heterocycles. The summed E-state index contributed by atoms with van der Waals surface area (Å²) in [6.45, 7) is 8.60. The number of aryl methyl sites for hydroxylation is 1. The number of halogens is 1. The van der Waals surface area contributed by atoms with Crippen LogP contribution < -0.4 is 15.5 Å². The fourth-order valence-corrected chi connectivity index (χ4v) is 3.61. The molecule has 1 aromatic heterocycles. The summed E-state index contributed by atoms with van der Waals surface area (Å²) in [6, 6.07) is 10.9. The van der Waals surface area contributed by atoms with Gasteiger partial charge in [0.15, 0.2) is 5.96 Å². The molecule has 0 radical (unpaired) electrons. The van der Waals surface area contributed by atoms with Crippen LogP contribution in [0.4, 0.5) is 5.69 Å². The van der Waals surface area contributed by atoms with Gasteiger partial charge in [-0.15, -0.1) is 35.3 Å². The molecule has 6 heteroatoms. The third-order valence-corrected chi connectivity index (χ3v) is 5.29. The van der Waals surface area contributed by atoms with Gasteiger partial charge in [-0.05, 0) is 48.6 Å². The molecule has 3 rings (SSSR count). The molecule has 1 aliphatic heterocycles. The van der Waals surface area contributed by atoms with E-state index in [2.05, 4.69) is 77.2 Å². The zero-order chi connectivity index (χ0) is 17.5. The largest absolute Gasteiger partial charge is 0.364 e. The van der Waals surface area contributed by atoms with E-state index < -0.39 is 0 Å². The molecule has 0 unspecified atom stereocenters. The molecule has 26 heavy (non-hydrogen) atoms. The van der Waals surface area contributed by atoms with Crippen molar-refractivity contribution < 1.29 is 0 Å². The quantitative estimate of drug-likeness (QED) is 0.279. The SMILES string of the molecule is CCNC(=NCc1ccc(N2CC=CC2)cc1)NCc1sccc1C.I. The second-order valence-electron chi connectivity index (χ2n) is 6.12. The molecule has 0 fully saturated rings. The van der Waals surface area contributed by atoms with Crippen LogP contribution in [-0.2, 0) is 13.1 Å². The molecule has 4 nitrogen and oxygen atoms in total. The number of benzene rings is 1. The first-order valence-corrected chi connectivity index (χ1v) is 9.68. The summed E-state index contributed by atoms with van der Waals surface area (Å²) in [5, 5.41) is 8.87. The molecule has 0 spiro atoms. The van der Waals surface area contributed by atoms with E-state index in [0.29, 0.717) is 6.54 Å². The molecule has 1 aromatic carbocycles. The van der Waals surface area contributed by atoms with Gasteiger partial charge in [-0.2, -0.15) is 0 Å². The van der Waals surface area contributed by atoms with Gasteiger partial charge in [0.25, 0.3) is 0 Å². The average Bonchev–Trinajstić information content (AvgIpc) is 3.30. The van der Waals surface area contributed by atoms with Crippen molar-refractivity contribution in [1.29, 1.82) is 0 Å². The number of hydrogen-bond acceptors (Lipinski definition) is 3. The smallest absolute Gasteiger partial charge is 0.191 e. The van der Waals surface area contributed by atoms with Gasteiger partial charge in [0.2, 0.25) is 0 Å². The van der Waals surface area contributed by atoms with Gasteiger partial charge in [-0.25, -0.2) is 4.99 Å². The molecule has 0 atom stereocenters. The van der Waals surface area contributed by atoms with Crippen molar-refractivity contribution in [3.63, 3.8) is 0 Å². The Morgan fingerprint density at radius 3 is 2.46 bits per heavy atom. The summed E-state index contributed by atoms with van der Waals surface area (Å²) in [6.07, 6.45) is 4.42. The predicted octanol–water partition coefficient (Wildman–Crippen LogP) is 4.31. The lowest BCUT2D eigenvalue weighted by Gasteiger charge is -2.17. The van der Waals surface area contributed by atoms with Crippen molar-refractivity contribution in [2.45, 2.75) is 26.9 Å². The normalized spacial score (nSPS) is 13.6. The molecule has 1 aliphatic rings. The van der Waals surface area contributed by atoms with E-state index in [9.17, 15) is 0 Å². The van der Waals surface area contributed by atoms with Crippen LogP contribution in [0, 0.1) is 6.92 Å². The zero-order valence-electron chi connectivity index (χ0n) is 15.4. The lowest BCUT2D eigenvalue weighted by atomic mass is 10.2. The summed E-state index contributed by atoms with van der Waals surface area (Å²) >= 11 is 1.78. The van der Waals surface area contributed by atoms with E-state index in [0.717, 1.165) is 32.1 Å². The maximum Gasteiger partial charge on any atom is 0.191 e. The maximum atomic E-state index is 4.71. The molecular weight excluding hydrogens is 455 g/mol. The van der Waals surface area contributed by atoms with Crippen LogP contribution in [0.3, 0.4) is 0 Å². The molecular formula is C20H27IN4S. The number of hydrogen-bond donors (Lipinski definition) is 2. The minimum absolute atomic E-state index is 0. The number of guanidine groups is 1. The number of rotatable bonds is 6. The zero-order valence-corrected chi connectivity index (χ0v) is 18.5. The number of nitrogens with zero attached hydrogens (tertiary/aromatic N) is 2. The first-order chi connectivity index (χ1) is 12.3. The molecule has 2 heterocycles. The van der Waals surface area contributed by atoms with Crippen LogP contribution >= 0.6 is 35.3 Å². The standard InChI is InChI=1S/C20H26N4S.HI/c1-3-21-20(23-15-19-16(2)10-13-25-19)22-14-17-6-8-18(9-7-17)24-11-4-5-12-24;/h4-10,13H,3,11-12,14-15H2,1-2H3,(H2,21,22,23);1H. The Balaban J connectivity index is 0.00000243. The van der Waals surface area contributed by atoms with E-state index in [-0.39, 0.29) is 24.0 Å². The summed E-state index contributed by atoms with van der Waals surface area (Å²) in [5.41, 5.74) is 3.83. The first-order valence-electron chi connectivity index (χ1n) is 8.80. The van der Waals surface area contributed by atoms with Gasteiger partial charge in [0.05, 0.1) is 13.1 Å². The summed E-state index contributed by atoms with van der Waals surface area (Å²) in [4.78, 5) is 8.42. The third-order valence-electron chi connectivity index (χ3n) is 4.27. The lowest BCUT2D eigenvalue weighted by Crippen LogP contribution is -2.36. The Morgan fingerprint density at radius 1 is 1.12 bits per heavy atom. The monoisotopic (exact) mass is 482 g/mol. The minimum Gasteiger partial charge on any atom is -0.364 e. The van der Waals surface area contributed by atoms with Crippen molar-refractivity contribution in [1.82, 2.24) is 10.6 Å². The Hall–Kier alpha value is -1.54. The predicted molar refractivity (Wildman–Crippen MR) is 124 cm³/mol. The van der Waals surface area contributed by atoms with Crippen molar-refractivity contribution in [2.75, 3.05) is 24.5 Å². The van der Waals surface area contributed by atoms with E-state index >= 15 is 0 Å². The number of nitrogens with one attached hydrogen (secondary N) is 2. The number of anilines is 1. The van der Waals surface area contributed by atoms with Crippen LogP contribution in [0.1, 0.15) is 22.9 Å². The number of thiophene rings is 1. The van der Waals surface area contributed by atoms with Crippen LogP contribution in [0.25, 0.3) is 0 Å². The highest BCUT2D eigenvalue weighted by atomic mass is 127. The first kappa shape index (κ1) is 20.8. The summed E-state index contributed by atoms with van der Waals surface area (Å²) < 4.78 is 0. The van der Waals surface area contributed by atoms with Crippen LogP contribution in [0.2, 0.25) is 0 Å². The molecule has 0 saturated carbocycles. The van der Waals surface area contributed by atoms with Crippen molar-refractivity contribution in [3.05, 3.63) is 63.9 Å². The van der Waals surface area contributed by atoms with Gasteiger partial charge >= 0.3 is 0 Å². The topological polar surface area (TPSA) is 39.7 Å². The third kappa shape index (κ3) is 5.74.